The number of amides is 2. The molecule has 3 atom stereocenters. The molecular formula is C17H25BrN4O6. The third kappa shape index (κ3) is 5.15. The van der Waals surface area contributed by atoms with Gasteiger partial charge < -0.3 is 25.3 Å². The molecule has 1 aromatic heterocycles. The van der Waals surface area contributed by atoms with E-state index in [0.29, 0.717) is 29.7 Å². The van der Waals surface area contributed by atoms with E-state index in [2.05, 4.69) is 36.0 Å². The number of nitrogens with one attached hydrogen (secondary N) is 2. The molecule has 4 N–H and O–H groups in total. The smallest absolute Gasteiger partial charge is 0.408 e. The molecule has 10 nitrogen and oxygen atoms in total. The lowest BCUT2D eigenvalue weighted by Gasteiger charge is -2.35. The quantitative estimate of drug-likeness (QED) is 0.466. The van der Waals surface area contributed by atoms with Crippen LogP contribution in [-0.4, -0.2) is 63.4 Å². The number of imidazole rings is 1. The molecule has 2 heterocycles. The van der Waals surface area contributed by atoms with Gasteiger partial charge in [-0.25, -0.2) is 14.6 Å². The molecule has 28 heavy (non-hydrogen) atoms. The predicted molar refractivity (Wildman–Crippen MR) is 102 cm³/mol. The molecule has 1 aliphatic heterocycles. The molecule has 1 saturated heterocycles. The lowest BCUT2D eigenvalue weighted by atomic mass is 9.87. The number of carboxylic acids is 1. The first-order chi connectivity index (χ1) is 13.2. The van der Waals surface area contributed by atoms with Crippen LogP contribution in [0.1, 0.15) is 38.4 Å². The summed E-state index contributed by atoms with van der Waals surface area (Å²) in [6, 6.07) is 0. The number of aromatic nitrogens is 2. The molecule has 0 saturated carbocycles. The fourth-order valence-electron chi connectivity index (χ4n) is 3.76. The number of rotatable bonds is 8. The Kier molecular flexibility index (Phi) is 7.28. The van der Waals surface area contributed by atoms with Crippen molar-refractivity contribution in [2.45, 2.75) is 38.1 Å². The molecule has 2 rings (SSSR count). The average molecular weight is 461 g/mol. The molecule has 156 valence electrons. The summed E-state index contributed by atoms with van der Waals surface area (Å²) in [7, 11) is 1.24. The zero-order valence-electron chi connectivity index (χ0n) is 15.8. The van der Waals surface area contributed by atoms with E-state index in [1.54, 1.807) is 0 Å². The minimum absolute atomic E-state index is 0.00303. The predicted octanol–water partition coefficient (Wildman–Crippen LogP) is 2.61. The van der Waals surface area contributed by atoms with Gasteiger partial charge in [0.05, 0.1) is 19.9 Å². The third-order valence-corrected chi connectivity index (χ3v) is 5.50. The number of carbonyl (C=O) groups is 3. The van der Waals surface area contributed by atoms with Crippen LogP contribution in [0.15, 0.2) is 10.8 Å². The van der Waals surface area contributed by atoms with E-state index in [9.17, 15) is 19.5 Å². The van der Waals surface area contributed by atoms with Gasteiger partial charge in [0.15, 0.2) is 0 Å². The van der Waals surface area contributed by atoms with Gasteiger partial charge in [-0.1, -0.05) is 6.92 Å². The average Bonchev–Trinajstić information content (AvgIpc) is 3.22. The number of carbonyl (C=O) groups excluding carboxylic acids is 1. The van der Waals surface area contributed by atoms with Gasteiger partial charge in [-0.3, -0.25) is 9.69 Å². The highest BCUT2D eigenvalue weighted by atomic mass is 79.9. The first kappa shape index (κ1) is 22.0. The summed E-state index contributed by atoms with van der Waals surface area (Å²) >= 11 is 3.29. The van der Waals surface area contributed by atoms with Crippen molar-refractivity contribution < 1.29 is 29.3 Å². The van der Waals surface area contributed by atoms with Crippen LogP contribution in [0.3, 0.4) is 0 Å². The Morgan fingerprint density at radius 1 is 1.50 bits per heavy atom. The lowest BCUT2D eigenvalue weighted by Crippen LogP contribution is -2.52. The van der Waals surface area contributed by atoms with Gasteiger partial charge in [-0.2, -0.15) is 0 Å². The van der Waals surface area contributed by atoms with Gasteiger partial charge in [0.2, 0.25) is 0 Å². The zero-order chi connectivity index (χ0) is 20.9. The highest BCUT2D eigenvalue weighted by Gasteiger charge is 2.51. The van der Waals surface area contributed by atoms with Crippen LogP contribution in [0, 0.1) is 11.8 Å². The molecule has 0 radical (unpaired) electrons. The van der Waals surface area contributed by atoms with Gasteiger partial charge in [0, 0.05) is 13.0 Å². The standard InChI is InChI=1S/C17H25BrN4O6/c1-10(5-13(23)24)3-4-11-6-17(9-20-15(25)28-2,22(8-11)16(26)27)14-19-7-12(18)21-14/h7,10-11H,3-6,8-9H2,1-2H3,(H,19,21)(H,20,25)(H,23,24)(H,26,27)/t10?,11?,17-/m0/s1. The van der Waals surface area contributed by atoms with Crippen molar-refractivity contribution in [2.24, 2.45) is 11.8 Å². The van der Waals surface area contributed by atoms with Crippen molar-refractivity contribution in [2.75, 3.05) is 20.2 Å². The molecule has 1 fully saturated rings. The van der Waals surface area contributed by atoms with E-state index in [0.717, 1.165) is 0 Å². The first-order valence-electron chi connectivity index (χ1n) is 8.93. The van der Waals surface area contributed by atoms with Crippen molar-refractivity contribution in [3.63, 3.8) is 0 Å². The number of halogens is 1. The maximum Gasteiger partial charge on any atom is 0.408 e. The Morgan fingerprint density at radius 3 is 2.75 bits per heavy atom. The number of alkyl carbamates (subject to hydrolysis) is 1. The maximum atomic E-state index is 12.0. The number of ether oxygens (including phenoxy) is 1. The largest absolute Gasteiger partial charge is 0.481 e. The number of hydrogen-bond donors (Lipinski definition) is 4. The monoisotopic (exact) mass is 460 g/mol. The van der Waals surface area contributed by atoms with Gasteiger partial charge in [0.1, 0.15) is 16.0 Å². The van der Waals surface area contributed by atoms with Crippen LogP contribution in [0.2, 0.25) is 0 Å². The van der Waals surface area contributed by atoms with Crippen LogP contribution in [0.5, 0.6) is 0 Å². The zero-order valence-corrected chi connectivity index (χ0v) is 17.4. The second-order valence-corrected chi connectivity index (χ2v) is 8.05. The van der Waals surface area contributed by atoms with Gasteiger partial charge in [-0.05, 0) is 47.0 Å². The molecule has 1 aromatic rings. The third-order valence-electron chi connectivity index (χ3n) is 5.10. The summed E-state index contributed by atoms with van der Waals surface area (Å²) in [5.74, 6) is -0.408. The van der Waals surface area contributed by atoms with Gasteiger partial charge in [-0.15, -0.1) is 0 Å². The number of methoxy groups -OCH3 is 1. The second kappa shape index (κ2) is 9.26. The SMILES string of the molecule is COC(=O)NC[C@]1(c2ncc(Br)[nH]2)CC(CCC(C)CC(=O)O)CN1C(=O)O. The number of nitrogens with zero attached hydrogens (tertiary/aromatic N) is 2. The summed E-state index contributed by atoms with van der Waals surface area (Å²) in [5, 5.41) is 21.3. The fraction of sp³-hybridized carbons (Fsp3) is 0.647. The molecule has 2 amide bonds. The van der Waals surface area contributed by atoms with E-state index in [1.807, 2.05) is 6.92 Å². The highest BCUT2D eigenvalue weighted by Crippen LogP contribution is 2.42. The first-order valence-corrected chi connectivity index (χ1v) is 9.72. The van der Waals surface area contributed by atoms with Crippen LogP contribution < -0.4 is 5.32 Å². The lowest BCUT2D eigenvalue weighted by molar-refractivity contribution is -0.138. The van der Waals surface area contributed by atoms with Crippen molar-refractivity contribution in [3.8, 4) is 0 Å². The topological polar surface area (TPSA) is 145 Å². The van der Waals surface area contributed by atoms with E-state index in [1.165, 1.54) is 18.2 Å². The van der Waals surface area contributed by atoms with Gasteiger partial charge >= 0.3 is 18.2 Å². The fourth-order valence-corrected chi connectivity index (χ4v) is 4.05. The molecule has 0 bridgehead atoms. The Morgan fingerprint density at radius 2 is 2.21 bits per heavy atom. The van der Waals surface area contributed by atoms with E-state index in [-0.39, 0.29) is 31.3 Å². The van der Waals surface area contributed by atoms with Crippen molar-refractivity contribution in [3.05, 3.63) is 16.6 Å². The normalized spacial score (nSPS) is 22.7. The number of hydrogen-bond acceptors (Lipinski definition) is 5. The Balaban J connectivity index is 2.23. The molecule has 2 unspecified atom stereocenters. The molecule has 1 aliphatic rings. The molecule has 0 aromatic carbocycles. The number of likely N-dealkylation sites (tertiary alicyclic amines) is 1. The van der Waals surface area contributed by atoms with Crippen LogP contribution >= 0.6 is 15.9 Å². The molecular weight excluding hydrogens is 436 g/mol. The molecule has 0 spiro atoms. The Bertz CT molecular complexity index is 726. The highest BCUT2D eigenvalue weighted by molar-refractivity contribution is 9.10. The summed E-state index contributed by atoms with van der Waals surface area (Å²) in [6.07, 6.45) is 1.65. The number of carboxylic acid groups (broad SMARTS) is 2. The number of H-pyrrole nitrogens is 1. The summed E-state index contributed by atoms with van der Waals surface area (Å²) < 4.78 is 5.22. The summed E-state index contributed by atoms with van der Waals surface area (Å²) in [4.78, 5) is 43.1. The van der Waals surface area contributed by atoms with Crippen LogP contribution in [-0.2, 0) is 15.1 Å². The van der Waals surface area contributed by atoms with Crippen LogP contribution in [0.25, 0.3) is 0 Å². The Hall–Kier alpha value is -2.30. The van der Waals surface area contributed by atoms with Crippen molar-refractivity contribution in [1.82, 2.24) is 20.2 Å². The summed E-state index contributed by atoms with van der Waals surface area (Å²) in [6.45, 7) is 2.15. The Labute approximate surface area is 170 Å². The van der Waals surface area contributed by atoms with Gasteiger partial charge in [0.25, 0.3) is 0 Å². The van der Waals surface area contributed by atoms with E-state index >= 15 is 0 Å². The maximum absolute atomic E-state index is 12.0. The summed E-state index contributed by atoms with van der Waals surface area (Å²) in [5.41, 5.74) is -1.06. The second-order valence-electron chi connectivity index (χ2n) is 7.20. The van der Waals surface area contributed by atoms with E-state index in [4.69, 9.17) is 5.11 Å². The van der Waals surface area contributed by atoms with Crippen molar-refractivity contribution >= 4 is 34.1 Å². The minimum atomic E-state index is -1.11. The van der Waals surface area contributed by atoms with Crippen LogP contribution in [0.4, 0.5) is 9.59 Å². The van der Waals surface area contributed by atoms with Crippen molar-refractivity contribution in [1.29, 1.82) is 0 Å². The molecule has 11 heteroatoms. The minimum Gasteiger partial charge on any atom is -0.481 e. The molecule has 0 aliphatic carbocycles. The van der Waals surface area contributed by atoms with E-state index < -0.39 is 23.7 Å². The number of aromatic amines is 1. The number of aliphatic carboxylic acids is 1.